The number of nitrogen functional groups attached to an aromatic ring is 1. The summed E-state index contributed by atoms with van der Waals surface area (Å²) < 4.78 is 0. The average molecular weight is 606 g/mol. The first kappa shape index (κ1) is 29.4. The van der Waals surface area contributed by atoms with Crippen molar-refractivity contribution >= 4 is 52.0 Å². The highest BCUT2D eigenvalue weighted by atomic mass is 15.1. The summed E-state index contributed by atoms with van der Waals surface area (Å²) in [5.74, 6) is 0. The largest absolute Gasteiger partial charge is 0.399 e. The van der Waals surface area contributed by atoms with Crippen molar-refractivity contribution in [3.63, 3.8) is 0 Å². The molecular formula is C44H35N3. The minimum Gasteiger partial charge on any atom is -0.399 e. The normalized spacial score (nSPS) is 11.0. The third-order valence-corrected chi connectivity index (χ3v) is 8.18. The zero-order chi connectivity index (χ0) is 31.8. The number of rotatable bonds is 9. The van der Waals surface area contributed by atoms with E-state index in [-0.39, 0.29) is 0 Å². The monoisotopic (exact) mass is 605 g/mol. The fraction of sp³-hybridized carbons (Fsp3) is 0. The molecule has 0 unspecified atom stereocenters. The summed E-state index contributed by atoms with van der Waals surface area (Å²) in [4.78, 5) is 4.59. The Morgan fingerprint density at radius 3 is 1.23 bits per heavy atom. The van der Waals surface area contributed by atoms with Gasteiger partial charge in [0.15, 0.2) is 0 Å². The Balaban J connectivity index is 1.34. The topological polar surface area (TPSA) is 32.5 Å². The third-order valence-electron chi connectivity index (χ3n) is 8.18. The Bertz CT molecular complexity index is 1980. The molecule has 0 saturated heterocycles. The minimum atomic E-state index is 0.759. The van der Waals surface area contributed by atoms with Crippen LogP contribution in [0.15, 0.2) is 188 Å². The number of nitrogens with zero attached hydrogens (tertiary/aromatic N) is 2. The van der Waals surface area contributed by atoms with Crippen molar-refractivity contribution in [2.75, 3.05) is 15.5 Å². The van der Waals surface area contributed by atoms with E-state index in [1.165, 1.54) is 0 Å². The number of hydrogen-bond acceptors (Lipinski definition) is 3. The number of nitrogens with two attached hydrogens (primary N) is 1. The van der Waals surface area contributed by atoms with Crippen LogP contribution in [0.3, 0.4) is 0 Å². The van der Waals surface area contributed by atoms with Gasteiger partial charge in [0.2, 0.25) is 0 Å². The molecule has 0 atom stereocenters. The maximum atomic E-state index is 5.95. The Hall–Kier alpha value is -6.32. The number of hydrogen-bond donors (Lipinski definition) is 1. The summed E-state index contributed by atoms with van der Waals surface area (Å²) in [7, 11) is 0. The van der Waals surface area contributed by atoms with Gasteiger partial charge in [-0.25, -0.2) is 0 Å². The van der Waals surface area contributed by atoms with E-state index in [0.717, 1.165) is 62.1 Å². The van der Waals surface area contributed by atoms with Gasteiger partial charge >= 0.3 is 0 Å². The van der Waals surface area contributed by atoms with Gasteiger partial charge in [0.1, 0.15) is 0 Å². The predicted molar refractivity (Wildman–Crippen MR) is 201 cm³/mol. The highest BCUT2D eigenvalue weighted by molar-refractivity contribution is 5.87. The molecule has 0 amide bonds. The first-order valence-corrected chi connectivity index (χ1v) is 15.8. The Morgan fingerprint density at radius 2 is 0.766 bits per heavy atom. The van der Waals surface area contributed by atoms with Gasteiger partial charge in [-0.2, -0.15) is 0 Å². The standard InChI is InChI=1S/C44H35N3/c45-37-28-22-34(23-29-37)21-24-35-27-32-43(47(40-17-9-3-10-18-40)41-19-11-4-12-20-41)33-44(35)36-25-30-42(31-26-36)46(38-13-5-1-6-14-38)39-15-7-2-8-16-39/h1-33H,45H2. The van der Waals surface area contributed by atoms with Crippen molar-refractivity contribution in [1.29, 1.82) is 0 Å². The van der Waals surface area contributed by atoms with Crippen LogP contribution in [0, 0.1) is 0 Å². The number of para-hydroxylation sites is 4. The van der Waals surface area contributed by atoms with Crippen LogP contribution < -0.4 is 15.5 Å². The van der Waals surface area contributed by atoms with Crippen LogP contribution in [0.5, 0.6) is 0 Å². The molecular weight excluding hydrogens is 571 g/mol. The second kappa shape index (κ2) is 13.8. The molecule has 0 fully saturated rings. The smallest absolute Gasteiger partial charge is 0.0468 e. The van der Waals surface area contributed by atoms with Gasteiger partial charge in [-0.3, -0.25) is 0 Å². The Labute approximate surface area is 277 Å². The molecule has 7 aromatic rings. The molecule has 0 aliphatic rings. The van der Waals surface area contributed by atoms with E-state index in [1.54, 1.807) is 0 Å². The van der Waals surface area contributed by atoms with Crippen molar-refractivity contribution in [3.8, 4) is 11.1 Å². The zero-order valence-corrected chi connectivity index (χ0v) is 26.0. The second-order valence-corrected chi connectivity index (χ2v) is 11.3. The van der Waals surface area contributed by atoms with Crippen molar-refractivity contribution in [2.45, 2.75) is 0 Å². The molecule has 7 rings (SSSR count). The quantitative estimate of drug-likeness (QED) is 0.131. The average Bonchev–Trinajstić information content (AvgIpc) is 3.14. The maximum Gasteiger partial charge on any atom is 0.0468 e. The molecule has 0 aliphatic heterocycles. The molecule has 0 saturated carbocycles. The molecule has 0 aromatic heterocycles. The van der Waals surface area contributed by atoms with E-state index < -0.39 is 0 Å². The molecule has 7 aromatic carbocycles. The lowest BCUT2D eigenvalue weighted by atomic mass is 9.97. The number of anilines is 7. The Morgan fingerprint density at radius 1 is 0.362 bits per heavy atom. The van der Waals surface area contributed by atoms with Crippen molar-refractivity contribution in [1.82, 2.24) is 0 Å². The van der Waals surface area contributed by atoms with Gasteiger partial charge in [-0.05, 0) is 107 Å². The van der Waals surface area contributed by atoms with Crippen LogP contribution in [0.2, 0.25) is 0 Å². The zero-order valence-electron chi connectivity index (χ0n) is 26.0. The summed E-state index contributed by atoms with van der Waals surface area (Å²) in [6.45, 7) is 0. The fourth-order valence-electron chi connectivity index (χ4n) is 5.86. The van der Waals surface area contributed by atoms with E-state index >= 15 is 0 Å². The first-order chi connectivity index (χ1) is 23.2. The van der Waals surface area contributed by atoms with Crippen LogP contribution in [-0.4, -0.2) is 0 Å². The van der Waals surface area contributed by atoms with Gasteiger partial charge in [0, 0.05) is 39.8 Å². The molecule has 0 aliphatic carbocycles. The molecule has 0 heterocycles. The minimum absolute atomic E-state index is 0.759. The maximum absolute atomic E-state index is 5.95. The van der Waals surface area contributed by atoms with Crippen LogP contribution in [0.4, 0.5) is 39.8 Å². The highest BCUT2D eigenvalue weighted by Gasteiger charge is 2.16. The summed E-state index contributed by atoms with van der Waals surface area (Å²) in [5, 5.41) is 0. The molecule has 0 spiro atoms. The van der Waals surface area contributed by atoms with Crippen LogP contribution in [-0.2, 0) is 0 Å². The predicted octanol–water partition coefficient (Wildman–Crippen LogP) is 12.0. The van der Waals surface area contributed by atoms with Crippen LogP contribution in [0.1, 0.15) is 11.1 Å². The van der Waals surface area contributed by atoms with E-state index in [9.17, 15) is 0 Å². The molecule has 47 heavy (non-hydrogen) atoms. The van der Waals surface area contributed by atoms with Gasteiger partial charge in [-0.15, -0.1) is 0 Å². The molecule has 0 radical (unpaired) electrons. The Kier molecular flexibility index (Phi) is 8.61. The van der Waals surface area contributed by atoms with Crippen molar-refractivity contribution in [2.24, 2.45) is 0 Å². The third kappa shape index (κ3) is 6.70. The molecule has 3 nitrogen and oxygen atoms in total. The molecule has 0 bridgehead atoms. The van der Waals surface area contributed by atoms with Crippen molar-refractivity contribution in [3.05, 3.63) is 199 Å². The van der Waals surface area contributed by atoms with Gasteiger partial charge in [0.25, 0.3) is 0 Å². The van der Waals surface area contributed by atoms with Crippen LogP contribution >= 0.6 is 0 Å². The van der Waals surface area contributed by atoms with Gasteiger partial charge in [0.05, 0.1) is 0 Å². The summed E-state index contributed by atoms with van der Waals surface area (Å²) in [5.41, 5.74) is 17.8. The summed E-state index contributed by atoms with van der Waals surface area (Å²) >= 11 is 0. The van der Waals surface area contributed by atoms with Crippen LogP contribution in [0.25, 0.3) is 23.3 Å². The lowest BCUT2D eigenvalue weighted by Crippen LogP contribution is -2.10. The van der Waals surface area contributed by atoms with E-state index in [1.807, 2.05) is 24.3 Å². The molecule has 2 N–H and O–H groups in total. The van der Waals surface area contributed by atoms with Gasteiger partial charge < -0.3 is 15.5 Å². The second-order valence-electron chi connectivity index (χ2n) is 11.3. The van der Waals surface area contributed by atoms with E-state index in [4.69, 9.17) is 5.73 Å². The lowest BCUT2D eigenvalue weighted by molar-refractivity contribution is 1.28. The lowest BCUT2D eigenvalue weighted by Gasteiger charge is -2.27. The first-order valence-electron chi connectivity index (χ1n) is 15.8. The van der Waals surface area contributed by atoms with Crippen molar-refractivity contribution < 1.29 is 0 Å². The summed E-state index contributed by atoms with van der Waals surface area (Å²) in [6.07, 6.45) is 4.33. The van der Waals surface area contributed by atoms with Gasteiger partial charge in [-0.1, -0.05) is 115 Å². The van der Waals surface area contributed by atoms with E-state index in [0.29, 0.717) is 0 Å². The molecule has 3 heteroatoms. The summed E-state index contributed by atoms with van der Waals surface area (Å²) in [6, 6.07) is 65.6. The molecule has 226 valence electrons. The number of benzene rings is 7. The highest BCUT2D eigenvalue weighted by Crippen LogP contribution is 2.40. The fourth-order valence-corrected chi connectivity index (χ4v) is 5.86. The van der Waals surface area contributed by atoms with E-state index in [2.05, 4.69) is 186 Å². The SMILES string of the molecule is Nc1ccc(C=Cc2ccc(N(c3ccccc3)c3ccccc3)cc2-c2ccc(N(c3ccccc3)c3ccccc3)cc2)cc1.